The van der Waals surface area contributed by atoms with Crippen LogP contribution in [0.15, 0.2) is 18.2 Å². The van der Waals surface area contributed by atoms with Crippen LogP contribution in [0.3, 0.4) is 0 Å². The molecule has 0 radical (unpaired) electrons. The number of benzene rings is 1. The number of amides is 1. The molecule has 0 aliphatic carbocycles. The molecule has 0 bridgehead atoms. The van der Waals surface area contributed by atoms with Crippen LogP contribution in [-0.2, 0) is 0 Å². The van der Waals surface area contributed by atoms with Gasteiger partial charge >= 0.3 is 0 Å². The van der Waals surface area contributed by atoms with Gasteiger partial charge < -0.3 is 11.1 Å². The molecule has 0 spiro atoms. The van der Waals surface area contributed by atoms with Gasteiger partial charge in [0.2, 0.25) is 0 Å². The van der Waals surface area contributed by atoms with Crippen molar-refractivity contribution in [3.63, 3.8) is 0 Å². The molecule has 98 valence electrons. The van der Waals surface area contributed by atoms with Crippen molar-refractivity contribution in [2.75, 3.05) is 5.73 Å². The highest BCUT2D eigenvalue weighted by Crippen LogP contribution is 2.34. The number of nitrogens with two attached hydrogens (primary N) is 1. The number of hydrogen-bond acceptors (Lipinski definition) is 3. The zero-order chi connectivity index (χ0) is 14.2. The molecule has 0 unspecified atom stereocenters. The average Bonchev–Trinajstić information content (AvgIpc) is 2.66. The SMILES string of the molecule is C#CC(C)(C)NC(=O)c1sc2ccc(F)cc2c1N. The Labute approximate surface area is 114 Å². The van der Waals surface area contributed by atoms with Crippen LogP contribution in [0.5, 0.6) is 0 Å². The number of nitrogen functional groups attached to an aromatic ring is 1. The largest absolute Gasteiger partial charge is 0.397 e. The van der Waals surface area contributed by atoms with E-state index in [9.17, 15) is 9.18 Å². The van der Waals surface area contributed by atoms with Crippen molar-refractivity contribution in [1.82, 2.24) is 5.32 Å². The summed E-state index contributed by atoms with van der Waals surface area (Å²) < 4.78 is 13.9. The Morgan fingerprint density at radius 3 is 2.84 bits per heavy atom. The third-order valence-corrected chi connectivity index (χ3v) is 3.87. The van der Waals surface area contributed by atoms with Crippen LogP contribution in [-0.4, -0.2) is 11.4 Å². The number of carbonyl (C=O) groups is 1. The third-order valence-electron chi connectivity index (χ3n) is 2.68. The minimum absolute atomic E-state index is 0.282. The normalized spacial score (nSPS) is 11.3. The van der Waals surface area contributed by atoms with Crippen LogP contribution < -0.4 is 11.1 Å². The van der Waals surface area contributed by atoms with E-state index in [2.05, 4.69) is 11.2 Å². The maximum absolute atomic E-state index is 13.2. The summed E-state index contributed by atoms with van der Waals surface area (Å²) in [6.07, 6.45) is 5.32. The van der Waals surface area contributed by atoms with E-state index in [0.29, 0.717) is 10.3 Å². The third kappa shape index (κ3) is 2.54. The number of halogens is 1. The molecule has 1 heterocycles. The van der Waals surface area contributed by atoms with Crippen molar-refractivity contribution < 1.29 is 9.18 Å². The molecule has 5 heteroatoms. The molecule has 3 nitrogen and oxygen atoms in total. The van der Waals surface area contributed by atoms with Gasteiger partial charge in [-0.2, -0.15) is 0 Å². The maximum atomic E-state index is 13.2. The number of fused-ring (bicyclic) bond motifs is 1. The molecule has 0 aliphatic heterocycles. The molecule has 0 saturated heterocycles. The Morgan fingerprint density at radius 1 is 1.53 bits per heavy atom. The van der Waals surface area contributed by atoms with E-state index in [4.69, 9.17) is 12.2 Å². The van der Waals surface area contributed by atoms with Gasteiger partial charge in [0.1, 0.15) is 10.7 Å². The summed E-state index contributed by atoms with van der Waals surface area (Å²) in [6, 6.07) is 4.27. The predicted molar refractivity (Wildman–Crippen MR) is 76.6 cm³/mol. The van der Waals surface area contributed by atoms with Crippen LogP contribution in [0.25, 0.3) is 10.1 Å². The molecule has 0 fully saturated rings. The van der Waals surface area contributed by atoms with Crippen molar-refractivity contribution >= 4 is 33.0 Å². The summed E-state index contributed by atoms with van der Waals surface area (Å²) in [6.45, 7) is 3.43. The summed E-state index contributed by atoms with van der Waals surface area (Å²) in [5.41, 5.74) is 5.42. The first-order valence-corrected chi connectivity index (χ1v) is 6.43. The fourth-order valence-electron chi connectivity index (χ4n) is 1.63. The molecule has 1 aromatic carbocycles. The molecule has 0 atom stereocenters. The fraction of sp³-hybridized carbons (Fsp3) is 0.214. The topological polar surface area (TPSA) is 55.1 Å². The number of terminal acetylenes is 1. The van der Waals surface area contributed by atoms with Gasteiger partial charge in [0.15, 0.2) is 0 Å². The zero-order valence-electron chi connectivity index (χ0n) is 10.6. The van der Waals surface area contributed by atoms with Crippen molar-refractivity contribution in [2.45, 2.75) is 19.4 Å². The highest BCUT2D eigenvalue weighted by Gasteiger charge is 2.22. The van der Waals surface area contributed by atoms with Crippen LogP contribution in [0.4, 0.5) is 10.1 Å². The second-order valence-corrected chi connectivity index (χ2v) is 5.76. The lowest BCUT2D eigenvalue weighted by Crippen LogP contribution is -2.41. The van der Waals surface area contributed by atoms with Crippen molar-refractivity contribution in [1.29, 1.82) is 0 Å². The van der Waals surface area contributed by atoms with Crippen LogP contribution >= 0.6 is 11.3 Å². The Hall–Kier alpha value is -2.06. The van der Waals surface area contributed by atoms with Gasteiger partial charge in [0.25, 0.3) is 5.91 Å². The van der Waals surface area contributed by atoms with Crippen molar-refractivity contribution in [3.05, 3.63) is 28.9 Å². The first kappa shape index (κ1) is 13.4. The number of hydrogen-bond donors (Lipinski definition) is 2. The van der Waals surface area contributed by atoms with Crippen molar-refractivity contribution in [3.8, 4) is 12.3 Å². The summed E-state index contributed by atoms with van der Waals surface area (Å²) in [4.78, 5) is 12.5. The monoisotopic (exact) mass is 276 g/mol. The van der Waals surface area contributed by atoms with E-state index in [1.54, 1.807) is 19.9 Å². The second-order valence-electron chi connectivity index (χ2n) is 4.71. The molecule has 2 rings (SSSR count). The zero-order valence-corrected chi connectivity index (χ0v) is 11.4. The van der Waals surface area contributed by atoms with Crippen LogP contribution in [0.2, 0.25) is 0 Å². The summed E-state index contributed by atoms with van der Waals surface area (Å²) in [5, 5.41) is 3.25. The van der Waals surface area contributed by atoms with Crippen LogP contribution in [0.1, 0.15) is 23.5 Å². The van der Waals surface area contributed by atoms with Gasteiger partial charge in [0, 0.05) is 10.1 Å². The molecule has 1 aromatic heterocycles. The van der Waals surface area contributed by atoms with Crippen LogP contribution in [0, 0.1) is 18.2 Å². The average molecular weight is 276 g/mol. The minimum Gasteiger partial charge on any atom is -0.397 e. The second kappa shape index (κ2) is 4.56. The lowest BCUT2D eigenvalue weighted by Gasteiger charge is -2.19. The van der Waals surface area contributed by atoms with E-state index in [0.717, 1.165) is 4.70 Å². The Bertz CT molecular complexity index is 697. The van der Waals surface area contributed by atoms with Gasteiger partial charge in [0.05, 0.1) is 11.2 Å². The van der Waals surface area contributed by atoms with E-state index in [1.165, 1.54) is 23.5 Å². The van der Waals surface area contributed by atoms with Gasteiger partial charge in [-0.25, -0.2) is 4.39 Å². The molecular formula is C14H13FN2OS. The summed E-state index contributed by atoms with van der Waals surface area (Å²) in [5.74, 6) is 1.75. The van der Waals surface area contributed by atoms with Gasteiger partial charge in [-0.15, -0.1) is 17.8 Å². The quantitative estimate of drug-likeness (QED) is 0.829. The molecule has 19 heavy (non-hydrogen) atoms. The Balaban J connectivity index is 2.44. The maximum Gasteiger partial charge on any atom is 0.264 e. The summed E-state index contributed by atoms with van der Waals surface area (Å²) >= 11 is 1.22. The lowest BCUT2D eigenvalue weighted by atomic mass is 10.1. The molecular weight excluding hydrogens is 263 g/mol. The van der Waals surface area contributed by atoms with Crippen molar-refractivity contribution in [2.24, 2.45) is 0 Å². The van der Waals surface area contributed by atoms with Gasteiger partial charge in [-0.05, 0) is 32.0 Å². The van der Waals surface area contributed by atoms with Gasteiger partial charge in [-0.1, -0.05) is 5.92 Å². The van der Waals surface area contributed by atoms with E-state index in [-0.39, 0.29) is 17.4 Å². The first-order chi connectivity index (χ1) is 8.84. The number of carbonyl (C=O) groups excluding carboxylic acids is 1. The number of rotatable bonds is 2. The molecule has 2 aromatic rings. The molecule has 0 aliphatic rings. The highest BCUT2D eigenvalue weighted by atomic mass is 32.1. The van der Waals surface area contributed by atoms with E-state index >= 15 is 0 Å². The number of anilines is 1. The van der Waals surface area contributed by atoms with E-state index < -0.39 is 5.54 Å². The highest BCUT2D eigenvalue weighted by molar-refractivity contribution is 7.21. The number of thiophene rings is 1. The Kier molecular flexibility index (Phi) is 3.21. The fourth-order valence-corrected chi connectivity index (χ4v) is 2.63. The first-order valence-electron chi connectivity index (χ1n) is 5.62. The minimum atomic E-state index is -0.759. The standard InChI is InChI=1S/C14H13FN2OS/c1-4-14(2,3)17-13(18)12-11(16)9-7-8(15)5-6-10(9)19-12/h1,5-7H,16H2,2-3H3,(H,17,18). The molecule has 3 N–H and O–H groups in total. The Morgan fingerprint density at radius 2 is 2.21 bits per heavy atom. The molecule has 0 saturated carbocycles. The van der Waals surface area contributed by atoms with E-state index in [1.807, 2.05) is 0 Å². The smallest absolute Gasteiger partial charge is 0.264 e. The van der Waals surface area contributed by atoms with Gasteiger partial charge in [-0.3, -0.25) is 4.79 Å². The summed E-state index contributed by atoms with van der Waals surface area (Å²) in [7, 11) is 0. The predicted octanol–water partition coefficient (Wildman–Crippen LogP) is 2.76. The molecule has 1 amide bonds. The number of nitrogens with one attached hydrogen (secondary N) is 1. The lowest BCUT2D eigenvalue weighted by molar-refractivity contribution is 0.0935.